The number of esters is 1. The van der Waals surface area contributed by atoms with E-state index in [0.717, 1.165) is 19.4 Å². The van der Waals surface area contributed by atoms with Crippen LogP contribution < -0.4 is 0 Å². The smallest absolute Gasteiger partial charge is 0.347 e. The topological polar surface area (TPSA) is 49.8 Å². The number of carbonyl (C=O) groups excluding carboxylic acids is 1. The Morgan fingerprint density at radius 1 is 1.04 bits per heavy atom. The van der Waals surface area contributed by atoms with Gasteiger partial charge in [-0.25, -0.2) is 4.79 Å². The SMILES string of the molecule is CN1CCCCCC1COC(=O)C(O)(c1ccccc1)c1ccccc1. The summed E-state index contributed by atoms with van der Waals surface area (Å²) in [5.41, 5.74) is -0.762. The molecule has 2 aromatic carbocycles. The Labute approximate surface area is 155 Å². The van der Waals surface area contributed by atoms with Gasteiger partial charge in [0.25, 0.3) is 0 Å². The molecule has 1 atom stereocenters. The first-order valence-corrected chi connectivity index (χ1v) is 9.33. The van der Waals surface area contributed by atoms with Crippen molar-refractivity contribution < 1.29 is 14.6 Å². The predicted octanol–water partition coefficient (Wildman–Crippen LogP) is 3.34. The first-order chi connectivity index (χ1) is 12.6. The zero-order valence-electron chi connectivity index (χ0n) is 15.3. The average molecular weight is 353 g/mol. The maximum atomic E-state index is 13.0. The molecule has 2 aromatic rings. The lowest BCUT2D eigenvalue weighted by Gasteiger charge is -2.30. The molecule has 1 heterocycles. The number of hydrogen-bond donors (Lipinski definition) is 1. The molecule has 0 aromatic heterocycles. The lowest BCUT2D eigenvalue weighted by molar-refractivity contribution is -0.164. The van der Waals surface area contributed by atoms with Gasteiger partial charge >= 0.3 is 5.97 Å². The molecule has 1 aliphatic rings. The first kappa shape index (κ1) is 18.6. The van der Waals surface area contributed by atoms with Crippen LogP contribution in [0.5, 0.6) is 0 Å². The van der Waals surface area contributed by atoms with Crippen LogP contribution in [0.3, 0.4) is 0 Å². The Hall–Kier alpha value is -2.17. The van der Waals surface area contributed by atoms with E-state index in [4.69, 9.17) is 4.74 Å². The largest absolute Gasteiger partial charge is 0.461 e. The van der Waals surface area contributed by atoms with E-state index in [2.05, 4.69) is 11.9 Å². The van der Waals surface area contributed by atoms with Crippen LogP contribution in [0, 0.1) is 0 Å². The number of aliphatic hydroxyl groups is 1. The summed E-state index contributed by atoms with van der Waals surface area (Å²) >= 11 is 0. The standard InChI is InChI=1S/C22H27NO3/c1-23-16-10-4-9-15-20(23)17-26-21(24)22(25,18-11-5-2-6-12-18)19-13-7-3-8-14-19/h2-3,5-8,11-14,20,25H,4,9-10,15-17H2,1H3. The normalized spacial score (nSPS) is 18.9. The molecule has 1 saturated heterocycles. The summed E-state index contributed by atoms with van der Waals surface area (Å²) in [6.45, 7) is 1.32. The highest BCUT2D eigenvalue weighted by Crippen LogP contribution is 2.31. The summed E-state index contributed by atoms with van der Waals surface area (Å²) in [7, 11) is 2.07. The Bertz CT molecular complexity index is 662. The molecule has 1 aliphatic heterocycles. The minimum atomic E-state index is -1.80. The Morgan fingerprint density at radius 2 is 1.62 bits per heavy atom. The molecular formula is C22H27NO3. The van der Waals surface area contributed by atoms with Gasteiger partial charge in [-0.05, 0) is 37.6 Å². The van der Waals surface area contributed by atoms with E-state index in [-0.39, 0.29) is 6.04 Å². The Morgan fingerprint density at radius 3 is 2.19 bits per heavy atom. The van der Waals surface area contributed by atoms with E-state index in [9.17, 15) is 9.90 Å². The molecule has 138 valence electrons. The van der Waals surface area contributed by atoms with E-state index in [0.29, 0.717) is 17.7 Å². The molecule has 1 fully saturated rings. The fraction of sp³-hybridized carbons (Fsp3) is 0.409. The quantitative estimate of drug-likeness (QED) is 0.838. The van der Waals surface area contributed by atoms with Crippen molar-refractivity contribution in [2.45, 2.75) is 37.3 Å². The summed E-state index contributed by atoms with van der Waals surface area (Å²) < 4.78 is 5.65. The molecule has 26 heavy (non-hydrogen) atoms. The molecule has 4 nitrogen and oxygen atoms in total. The van der Waals surface area contributed by atoms with Gasteiger partial charge in [0.05, 0.1) is 0 Å². The number of carbonyl (C=O) groups is 1. The molecule has 0 radical (unpaired) electrons. The van der Waals surface area contributed by atoms with Gasteiger partial charge in [0.2, 0.25) is 5.60 Å². The summed E-state index contributed by atoms with van der Waals surface area (Å²) in [5, 5.41) is 11.4. The van der Waals surface area contributed by atoms with Gasteiger partial charge in [-0.3, -0.25) is 0 Å². The fourth-order valence-corrected chi connectivity index (χ4v) is 3.57. The average Bonchev–Trinajstić information content (AvgIpc) is 2.90. The summed E-state index contributed by atoms with van der Waals surface area (Å²) in [6, 6.07) is 18.2. The molecule has 4 heteroatoms. The van der Waals surface area contributed by atoms with Crippen LogP contribution in [0.4, 0.5) is 0 Å². The number of likely N-dealkylation sites (N-methyl/N-ethyl adjacent to an activating group) is 1. The first-order valence-electron chi connectivity index (χ1n) is 9.33. The number of rotatable bonds is 5. The third-order valence-corrected chi connectivity index (χ3v) is 5.26. The fourth-order valence-electron chi connectivity index (χ4n) is 3.57. The van der Waals surface area contributed by atoms with Crippen molar-refractivity contribution in [1.29, 1.82) is 0 Å². The van der Waals surface area contributed by atoms with Crippen molar-refractivity contribution in [2.24, 2.45) is 0 Å². The van der Waals surface area contributed by atoms with Gasteiger partial charge in [0.1, 0.15) is 6.61 Å². The van der Waals surface area contributed by atoms with Crippen LogP contribution in [0.25, 0.3) is 0 Å². The maximum absolute atomic E-state index is 13.0. The Kier molecular flexibility index (Phi) is 6.07. The molecule has 0 spiro atoms. The van der Waals surface area contributed by atoms with Crippen molar-refractivity contribution in [1.82, 2.24) is 4.90 Å². The van der Waals surface area contributed by atoms with Gasteiger partial charge in [-0.2, -0.15) is 0 Å². The number of ether oxygens (including phenoxy) is 1. The van der Waals surface area contributed by atoms with Gasteiger partial charge < -0.3 is 14.7 Å². The maximum Gasteiger partial charge on any atom is 0.347 e. The van der Waals surface area contributed by atoms with Crippen LogP contribution in [0.1, 0.15) is 36.8 Å². The van der Waals surface area contributed by atoms with Gasteiger partial charge in [0, 0.05) is 6.04 Å². The zero-order chi connectivity index (χ0) is 18.4. The molecule has 0 aliphatic carbocycles. The van der Waals surface area contributed by atoms with Crippen LogP contribution in [0.15, 0.2) is 60.7 Å². The summed E-state index contributed by atoms with van der Waals surface area (Å²) in [6.07, 6.45) is 4.55. The van der Waals surface area contributed by atoms with Crippen LogP contribution in [-0.2, 0) is 15.1 Å². The van der Waals surface area contributed by atoms with E-state index in [1.165, 1.54) is 12.8 Å². The second-order valence-electron chi connectivity index (χ2n) is 7.02. The van der Waals surface area contributed by atoms with Gasteiger partial charge in [-0.1, -0.05) is 73.5 Å². The number of nitrogens with zero attached hydrogens (tertiary/aromatic N) is 1. The minimum Gasteiger partial charge on any atom is -0.461 e. The van der Waals surface area contributed by atoms with Crippen molar-refractivity contribution in [3.63, 3.8) is 0 Å². The zero-order valence-corrected chi connectivity index (χ0v) is 15.3. The lowest BCUT2D eigenvalue weighted by Crippen LogP contribution is -2.42. The molecule has 0 bridgehead atoms. The van der Waals surface area contributed by atoms with E-state index in [1.54, 1.807) is 24.3 Å². The molecule has 1 unspecified atom stereocenters. The van der Waals surface area contributed by atoms with Crippen LogP contribution in [-0.4, -0.2) is 42.2 Å². The van der Waals surface area contributed by atoms with Crippen molar-refractivity contribution >= 4 is 5.97 Å². The van der Waals surface area contributed by atoms with E-state index < -0.39 is 11.6 Å². The van der Waals surface area contributed by atoms with Crippen molar-refractivity contribution in [3.05, 3.63) is 71.8 Å². The summed E-state index contributed by atoms with van der Waals surface area (Å²) in [4.78, 5) is 15.3. The highest BCUT2D eigenvalue weighted by molar-refractivity contribution is 5.85. The minimum absolute atomic E-state index is 0.206. The monoisotopic (exact) mass is 353 g/mol. The second kappa shape index (κ2) is 8.47. The van der Waals surface area contributed by atoms with Crippen molar-refractivity contribution in [2.75, 3.05) is 20.2 Å². The van der Waals surface area contributed by atoms with Crippen LogP contribution in [0.2, 0.25) is 0 Å². The predicted molar refractivity (Wildman–Crippen MR) is 102 cm³/mol. The summed E-state index contributed by atoms with van der Waals surface area (Å²) in [5.74, 6) is -0.618. The molecular weight excluding hydrogens is 326 g/mol. The number of benzene rings is 2. The van der Waals surface area contributed by atoms with Crippen LogP contribution >= 0.6 is 0 Å². The number of hydrogen-bond acceptors (Lipinski definition) is 4. The van der Waals surface area contributed by atoms with Gasteiger partial charge in [-0.15, -0.1) is 0 Å². The van der Waals surface area contributed by atoms with Gasteiger partial charge in [0.15, 0.2) is 0 Å². The highest BCUT2D eigenvalue weighted by Gasteiger charge is 2.42. The second-order valence-corrected chi connectivity index (χ2v) is 7.02. The molecule has 0 amide bonds. The number of likely N-dealkylation sites (tertiary alicyclic amines) is 1. The third kappa shape index (κ3) is 3.97. The highest BCUT2D eigenvalue weighted by atomic mass is 16.6. The van der Waals surface area contributed by atoms with E-state index >= 15 is 0 Å². The lowest BCUT2D eigenvalue weighted by atomic mass is 9.86. The molecule has 1 N–H and O–H groups in total. The molecule has 3 rings (SSSR count). The Balaban J connectivity index is 1.82. The van der Waals surface area contributed by atoms with Crippen molar-refractivity contribution in [3.8, 4) is 0 Å². The molecule has 0 saturated carbocycles. The van der Waals surface area contributed by atoms with E-state index in [1.807, 2.05) is 36.4 Å². The third-order valence-electron chi connectivity index (χ3n) is 5.26.